The van der Waals surface area contributed by atoms with Crippen molar-refractivity contribution in [3.63, 3.8) is 0 Å². The highest BCUT2D eigenvalue weighted by Crippen LogP contribution is 2.30. The number of nitrogens with one attached hydrogen (secondary N) is 2. The molecular formula is C54H61FN18O14S6. The number of nitrogens with two attached hydrogens (primary N) is 2. The number of thiazole rings is 2. The number of halogens is 1. The van der Waals surface area contributed by atoms with Gasteiger partial charge in [0.25, 0.3) is 20.0 Å². The van der Waals surface area contributed by atoms with Gasteiger partial charge in [0.15, 0.2) is 0 Å². The fourth-order valence-electron chi connectivity index (χ4n) is 7.95. The van der Waals surface area contributed by atoms with Crippen LogP contribution in [-0.4, -0.2) is 156 Å². The molecule has 5 heterocycles. The Morgan fingerprint density at radius 3 is 1.56 bits per heavy atom. The SMILES string of the molecule is C.NS(=O)(=O)c1nc2ccc(OCc3cn(CC(=O)N[C@H](CSCc4cccc(OCCn5cc(CCC[18F])nn5)c4)C(=O)O)nn3)cc2s1.[N-]=[N+]=NCCOc1cccc(CSC[C@@H](NC(=O)Cn2cc(COc3ccc4nc(S(N)(=O)=O)sc4c3)nn2)C(=O)O)c1. The molecule has 4 aromatic carbocycles. The molecule has 0 saturated carbocycles. The van der Waals surface area contributed by atoms with Gasteiger partial charge in [-0.1, -0.05) is 52.4 Å². The summed E-state index contributed by atoms with van der Waals surface area (Å²) in [6, 6.07) is 22.1. The predicted molar refractivity (Wildman–Crippen MR) is 341 cm³/mol. The summed E-state index contributed by atoms with van der Waals surface area (Å²) in [4.78, 5) is 59.4. The van der Waals surface area contributed by atoms with Crippen LogP contribution in [0.3, 0.4) is 0 Å². The highest BCUT2D eigenvalue weighted by Gasteiger charge is 2.23. The molecule has 0 aliphatic carbocycles. The van der Waals surface area contributed by atoms with E-state index in [0.29, 0.717) is 92.3 Å². The number of aliphatic carboxylic acids is 2. The van der Waals surface area contributed by atoms with Gasteiger partial charge in [0, 0.05) is 34.1 Å². The zero-order chi connectivity index (χ0) is 65.6. The van der Waals surface area contributed by atoms with E-state index in [2.05, 4.69) is 61.6 Å². The van der Waals surface area contributed by atoms with E-state index in [1.165, 1.54) is 45.3 Å². The molecule has 2 atom stereocenters. The number of sulfonamides is 2. The third kappa shape index (κ3) is 22.9. The maximum atomic E-state index is 12.6. The van der Waals surface area contributed by atoms with Crippen molar-refractivity contribution < 1.29 is 69.6 Å². The first-order valence-electron chi connectivity index (χ1n) is 27.2. The minimum atomic E-state index is -3.92. The van der Waals surface area contributed by atoms with Gasteiger partial charge in [-0.3, -0.25) is 14.0 Å². The normalized spacial score (nSPS) is 11.9. The number of carboxylic acid groups (broad SMARTS) is 2. The molecule has 2 amide bonds. The number of fused-ring (bicyclic) bond motifs is 2. The summed E-state index contributed by atoms with van der Waals surface area (Å²) in [7, 11) is -7.83. The number of amides is 2. The summed E-state index contributed by atoms with van der Waals surface area (Å²) in [5, 5.41) is 61.8. The van der Waals surface area contributed by atoms with E-state index in [9.17, 15) is 50.6 Å². The molecule has 8 N–H and O–H groups in total. The van der Waals surface area contributed by atoms with Gasteiger partial charge in [0.2, 0.25) is 20.5 Å². The highest BCUT2D eigenvalue weighted by atomic mass is 32.3. The minimum Gasteiger partial charge on any atom is -0.493 e. The van der Waals surface area contributed by atoms with Crippen molar-refractivity contribution >= 4 is 110 Å². The lowest BCUT2D eigenvalue weighted by atomic mass is 10.2. The molecular weight excluding hydrogens is 1340 g/mol. The van der Waals surface area contributed by atoms with Crippen LogP contribution in [0.2, 0.25) is 0 Å². The second-order valence-corrected chi connectivity index (χ2v) is 27.0. The molecule has 93 heavy (non-hydrogen) atoms. The first-order chi connectivity index (χ1) is 44.2. The van der Waals surface area contributed by atoms with E-state index in [-0.39, 0.29) is 67.1 Å². The third-order valence-corrected chi connectivity index (χ3v) is 19.0. The number of ether oxygens (including phenoxy) is 4. The van der Waals surface area contributed by atoms with Crippen LogP contribution in [0, 0.1) is 0 Å². The number of thioether (sulfide) groups is 2. The van der Waals surface area contributed by atoms with E-state index in [1.54, 1.807) is 59.4 Å². The number of carbonyl (C=O) groups excluding carboxylic acids is 2. The Morgan fingerprint density at radius 2 is 1.10 bits per heavy atom. The van der Waals surface area contributed by atoms with Crippen LogP contribution >= 0.6 is 46.2 Å². The van der Waals surface area contributed by atoms with Crippen molar-refractivity contribution in [3.8, 4) is 23.0 Å². The number of carboxylic acids is 2. The van der Waals surface area contributed by atoms with Gasteiger partial charge in [-0.2, -0.15) is 23.5 Å². The molecule has 494 valence electrons. The van der Waals surface area contributed by atoms with E-state index < -0.39 is 62.6 Å². The molecule has 0 radical (unpaired) electrons. The number of azide groups is 1. The Hall–Kier alpha value is -9.08. The predicted octanol–water partition coefficient (Wildman–Crippen LogP) is 5.13. The zero-order valence-electron chi connectivity index (χ0n) is 48.1. The van der Waals surface area contributed by atoms with Crippen LogP contribution < -0.4 is 39.9 Å². The lowest BCUT2D eigenvalue weighted by Crippen LogP contribution is -2.44. The zero-order valence-corrected chi connectivity index (χ0v) is 53.0. The Bertz CT molecular complexity index is 4300. The molecule has 0 aliphatic heterocycles. The number of carbonyl (C=O) groups is 4. The fraction of sp³-hybridized carbons (Fsp3) is 0.333. The van der Waals surface area contributed by atoms with Crippen LogP contribution in [0.15, 0.2) is 117 Å². The third-order valence-electron chi connectivity index (χ3n) is 12.2. The number of alkyl halides is 1. The number of aromatic nitrogens is 11. The van der Waals surface area contributed by atoms with E-state index >= 15 is 0 Å². The van der Waals surface area contributed by atoms with Crippen molar-refractivity contribution in [1.82, 2.24) is 65.6 Å². The topological polar surface area (TPSA) is 457 Å². The number of benzene rings is 4. The molecule has 9 aromatic rings. The maximum Gasteiger partial charge on any atom is 0.327 e. The van der Waals surface area contributed by atoms with E-state index in [0.717, 1.165) is 39.5 Å². The fourth-order valence-corrected chi connectivity index (χ4v) is 13.3. The average molecular weight is 1400 g/mol. The Labute approximate surface area is 546 Å². The van der Waals surface area contributed by atoms with Gasteiger partial charge in [0.05, 0.1) is 64.9 Å². The standard InChI is InChI=1S/C29H32FN9O7S3.C24H25N9O7S3.CH4/c30-8-2-4-20-13-38(36-34-20)9-10-45-22-5-1-3-19(11-22)17-47-18-25(28(41)42)32-27(40)15-39-14-21(35-37-39)16-46-23-6-7-24-26(12-23)48-29(33-24)49(31,43)44;25-31-27-6-7-39-17-3-1-2-15(8-17)13-41-14-20(23(35)36)28-22(34)11-33-10-16(30-32-33)12-40-18-4-5-19-21(9-18)42-24(29-19)43(26,37)38;/h1,3,5-7,11-14,25H,2,4,8-10,15-18H2,(H,32,40)(H,41,42)(H2,31,43,44);1-5,8-10,20H,6-7,11-14H2,(H,28,34)(H,35,36)(H2,26,37,38);1H4/t25-;20-;/m11./s1/i30-1;;. The van der Waals surface area contributed by atoms with Crippen LogP contribution in [0.4, 0.5) is 4.39 Å². The number of rotatable bonds is 35. The molecule has 32 nitrogen and oxygen atoms in total. The van der Waals surface area contributed by atoms with Gasteiger partial charge in [-0.05, 0) is 90.2 Å². The van der Waals surface area contributed by atoms with Gasteiger partial charge in [-0.25, -0.2) is 60.7 Å². The van der Waals surface area contributed by atoms with Crippen molar-refractivity contribution in [2.75, 3.05) is 37.9 Å². The number of hydrogen-bond acceptors (Lipinski definition) is 25. The minimum absolute atomic E-state index is 0. The van der Waals surface area contributed by atoms with Crippen LogP contribution in [0.1, 0.15) is 42.1 Å². The van der Waals surface area contributed by atoms with Crippen LogP contribution in [0.25, 0.3) is 30.9 Å². The first kappa shape index (κ1) is 71.4. The van der Waals surface area contributed by atoms with Crippen LogP contribution in [-0.2, 0) is 90.0 Å². The highest BCUT2D eigenvalue weighted by molar-refractivity contribution is 7.98. The summed E-state index contributed by atoms with van der Waals surface area (Å²) >= 11 is 4.54. The van der Waals surface area contributed by atoms with Crippen molar-refractivity contribution in [1.29, 1.82) is 0 Å². The first-order valence-corrected chi connectivity index (χ1v) is 34.2. The molecule has 5 aromatic heterocycles. The summed E-state index contributed by atoms with van der Waals surface area (Å²) in [6.07, 6.45) is 5.72. The number of primary sulfonamides is 2. The number of aryl methyl sites for hydroxylation is 1. The molecule has 0 saturated heterocycles. The lowest BCUT2D eigenvalue weighted by molar-refractivity contribution is -0.141. The second-order valence-electron chi connectivity index (χ2n) is 19.4. The summed E-state index contributed by atoms with van der Waals surface area (Å²) in [5.41, 5.74) is 12.6. The lowest BCUT2D eigenvalue weighted by Gasteiger charge is -2.14. The molecule has 0 unspecified atom stereocenters. The monoisotopic (exact) mass is 1400 g/mol. The Balaban J connectivity index is 0.000000263. The van der Waals surface area contributed by atoms with Crippen LogP contribution in [0.5, 0.6) is 23.0 Å². The summed E-state index contributed by atoms with van der Waals surface area (Å²) in [6.45, 7) is 0.406. The molecule has 0 bridgehead atoms. The number of hydrogen-bond donors (Lipinski definition) is 6. The molecule has 39 heteroatoms. The summed E-state index contributed by atoms with van der Waals surface area (Å²) < 4.78 is 86.2. The van der Waals surface area contributed by atoms with Crippen molar-refractivity contribution in [3.05, 3.63) is 142 Å². The van der Waals surface area contributed by atoms with E-state index in [4.69, 9.17) is 34.8 Å². The molecule has 9 rings (SSSR count). The molecule has 0 fully saturated rings. The Morgan fingerprint density at radius 1 is 0.645 bits per heavy atom. The maximum absolute atomic E-state index is 12.6. The van der Waals surface area contributed by atoms with Crippen molar-refractivity contribution in [2.24, 2.45) is 15.4 Å². The van der Waals surface area contributed by atoms with Gasteiger partial charge < -0.3 is 39.8 Å². The molecule has 0 aliphatic rings. The van der Waals surface area contributed by atoms with Gasteiger partial charge in [0.1, 0.15) is 79.4 Å². The molecule has 0 spiro atoms. The quantitative estimate of drug-likeness (QED) is 0.0130. The van der Waals surface area contributed by atoms with E-state index in [1.807, 2.05) is 36.4 Å². The number of nitrogens with zero attached hydrogens (tertiary/aromatic N) is 14. The van der Waals surface area contributed by atoms with Gasteiger partial charge in [-0.15, -0.1) is 38.0 Å². The summed E-state index contributed by atoms with van der Waals surface area (Å²) in [5.74, 6) is -0.0700. The Kier molecular flexibility index (Phi) is 26.5. The largest absolute Gasteiger partial charge is 0.493 e. The smallest absolute Gasteiger partial charge is 0.327 e. The van der Waals surface area contributed by atoms with Crippen molar-refractivity contribution in [2.45, 2.75) is 85.4 Å². The average Bonchev–Trinajstić information content (AvgIpc) is 1.73. The van der Waals surface area contributed by atoms with Gasteiger partial charge >= 0.3 is 11.9 Å². The second kappa shape index (κ2) is 34.5.